The first-order chi connectivity index (χ1) is 15.4. The quantitative estimate of drug-likeness (QED) is 0.421. The van der Waals surface area contributed by atoms with Gasteiger partial charge in [-0.1, -0.05) is 19.4 Å². The summed E-state index contributed by atoms with van der Waals surface area (Å²) in [6, 6.07) is 8.33. The van der Waals surface area contributed by atoms with Gasteiger partial charge in [-0.2, -0.15) is 0 Å². The molecule has 0 spiro atoms. The Balaban J connectivity index is 1.84. The lowest BCUT2D eigenvalue weighted by Crippen LogP contribution is -2.30. The molecule has 0 bridgehead atoms. The Morgan fingerprint density at radius 1 is 1.16 bits per heavy atom. The van der Waals surface area contributed by atoms with Crippen LogP contribution in [0.1, 0.15) is 30.1 Å². The van der Waals surface area contributed by atoms with Gasteiger partial charge in [-0.25, -0.2) is 9.97 Å². The van der Waals surface area contributed by atoms with Gasteiger partial charge in [0.15, 0.2) is 0 Å². The summed E-state index contributed by atoms with van der Waals surface area (Å²) in [4.78, 5) is 28.9. The van der Waals surface area contributed by atoms with Crippen molar-refractivity contribution in [1.82, 2.24) is 24.4 Å². The number of imidazole rings is 2. The normalized spacial score (nSPS) is 11.7. The van der Waals surface area contributed by atoms with Crippen molar-refractivity contribution in [3.63, 3.8) is 0 Å². The van der Waals surface area contributed by atoms with Crippen LogP contribution >= 0.6 is 0 Å². The number of rotatable bonds is 9. The van der Waals surface area contributed by atoms with Crippen LogP contribution in [0.5, 0.6) is 0 Å². The van der Waals surface area contributed by atoms with Crippen LogP contribution in [0.2, 0.25) is 0 Å². The van der Waals surface area contributed by atoms with Crippen LogP contribution in [0, 0.1) is 0 Å². The zero-order valence-electron chi connectivity index (χ0n) is 19.2. The van der Waals surface area contributed by atoms with Gasteiger partial charge in [0.05, 0.1) is 46.0 Å². The minimum atomic E-state index is -0.470. The van der Waals surface area contributed by atoms with Crippen LogP contribution in [0.15, 0.2) is 36.9 Å². The highest BCUT2D eigenvalue weighted by molar-refractivity contribution is 6.13. The van der Waals surface area contributed by atoms with Crippen LogP contribution in [0.4, 0.5) is 5.69 Å². The molecule has 2 heterocycles. The van der Waals surface area contributed by atoms with Crippen LogP contribution in [0.3, 0.4) is 0 Å². The Morgan fingerprint density at radius 2 is 1.97 bits per heavy atom. The zero-order chi connectivity index (χ0) is 22.8. The topological polar surface area (TPSA) is 96.1 Å². The first-order valence-corrected chi connectivity index (χ1v) is 11.0. The molecule has 0 unspecified atom stereocenters. The van der Waals surface area contributed by atoms with Crippen LogP contribution in [-0.2, 0) is 6.54 Å². The number of carbonyl (C=O) groups excluding carboxylic acids is 1. The summed E-state index contributed by atoms with van der Waals surface area (Å²) in [6.45, 7) is 4.76. The van der Waals surface area contributed by atoms with E-state index in [1.807, 2.05) is 33.5 Å². The molecule has 0 saturated heterocycles. The number of fused-ring (bicyclic) bond motifs is 2. The number of nitrogens with zero attached hydrogens (tertiary/aromatic N) is 5. The van der Waals surface area contributed by atoms with E-state index < -0.39 is 5.91 Å². The minimum absolute atomic E-state index is 0.465. The molecule has 3 N–H and O–H groups in total. The number of hydrogen-bond acceptors (Lipinski definition) is 5. The standard InChI is InChI=1S/C24H31N7O/c1-5-6-9-31-15-28-18-12-16(7-8-19(18)31)17-13-20(30(4)11-10-29(2)3)21(24(25)32)23-22(17)26-14-27-23/h7-8,12-15H,5-6,9-11H2,1-4H3,(H2,25,32)(H,26,27). The largest absolute Gasteiger partial charge is 0.373 e. The van der Waals surface area contributed by atoms with Gasteiger partial charge < -0.3 is 25.1 Å². The number of benzene rings is 2. The average molecular weight is 434 g/mol. The smallest absolute Gasteiger partial charge is 0.253 e. The number of anilines is 1. The van der Waals surface area contributed by atoms with Crippen molar-refractivity contribution in [2.24, 2.45) is 5.73 Å². The van der Waals surface area contributed by atoms with Crippen LogP contribution in [0.25, 0.3) is 33.2 Å². The molecule has 8 heteroatoms. The lowest BCUT2D eigenvalue weighted by molar-refractivity contribution is 0.100. The van der Waals surface area contributed by atoms with Gasteiger partial charge in [-0.15, -0.1) is 0 Å². The van der Waals surface area contributed by atoms with Crippen molar-refractivity contribution in [3.05, 3.63) is 42.5 Å². The summed E-state index contributed by atoms with van der Waals surface area (Å²) in [5.74, 6) is -0.470. The fourth-order valence-corrected chi connectivity index (χ4v) is 4.07. The highest BCUT2D eigenvalue weighted by atomic mass is 16.1. The number of nitrogens with two attached hydrogens (primary N) is 1. The van der Waals surface area contributed by atoms with Gasteiger partial charge in [0, 0.05) is 32.2 Å². The monoisotopic (exact) mass is 433 g/mol. The Kier molecular flexibility index (Phi) is 6.14. The predicted molar refractivity (Wildman–Crippen MR) is 130 cm³/mol. The van der Waals surface area contributed by atoms with E-state index in [0.29, 0.717) is 11.1 Å². The van der Waals surface area contributed by atoms with E-state index in [9.17, 15) is 4.79 Å². The lowest BCUT2D eigenvalue weighted by Gasteiger charge is -2.24. The van der Waals surface area contributed by atoms with Crippen LogP contribution in [-0.4, -0.2) is 64.6 Å². The number of hydrogen-bond donors (Lipinski definition) is 2. The number of aryl methyl sites for hydroxylation is 1. The lowest BCUT2D eigenvalue weighted by atomic mass is 9.98. The highest BCUT2D eigenvalue weighted by Gasteiger charge is 2.22. The Morgan fingerprint density at radius 3 is 2.69 bits per heavy atom. The van der Waals surface area contributed by atoms with Gasteiger partial charge in [0.1, 0.15) is 0 Å². The molecule has 32 heavy (non-hydrogen) atoms. The molecule has 8 nitrogen and oxygen atoms in total. The summed E-state index contributed by atoms with van der Waals surface area (Å²) in [5.41, 5.74) is 12.5. The maximum absolute atomic E-state index is 12.4. The third kappa shape index (κ3) is 4.05. The van der Waals surface area contributed by atoms with Gasteiger partial charge in [-0.3, -0.25) is 4.79 Å². The van der Waals surface area contributed by atoms with Crippen molar-refractivity contribution in [2.75, 3.05) is 39.1 Å². The number of likely N-dealkylation sites (N-methyl/N-ethyl adjacent to an activating group) is 2. The molecule has 4 rings (SSSR count). The van der Waals surface area contributed by atoms with Gasteiger partial charge in [0.2, 0.25) is 0 Å². The molecule has 0 aliphatic heterocycles. The third-order valence-corrected chi connectivity index (χ3v) is 5.91. The first-order valence-electron chi connectivity index (χ1n) is 11.0. The molecule has 2 aromatic heterocycles. The van der Waals surface area contributed by atoms with E-state index >= 15 is 0 Å². The maximum atomic E-state index is 12.4. The van der Waals surface area contributed by atoms with E-state index in [4.69, 9.17) is 5.73 Å². The molecular weight excluding hydrogens is 402 g/mol. The second kappa shape index (κ2) is 9.00. The summed E-state index contributed by atoms with van der Waals surface area (Å²) in [5, 5.41) is 0. The number of unbranched alkanes of at least 4 members (excludes halogenated alkanes) is 1. The minimum Gasteiger partial charge on any atom is -0.373 e. The predicted octanol–water partition coefficient (Wildman–Crippen LogP) is 3.48. The van der Waals surface area contributed by atoms with E-state index in [1.165, 1.54) is 0 Å². The molecule has 0 aliphatic carbocycles. The second-order valence-corrected chi connectivity index (χ2v) is 8.53. The van der Waals surface area contributed by atoms with Crippen LogP contribution < -0.4 is 10.6 Å². The molecule has 4 aromatic rings. The summed E-state index contributed by atoms with van der Waals surface area (Å²) in [7, 11) is 6.04. The number of aromatic nitrogens is 4. The van der Waals surface area contributed by atoms with Crippen molar-refractivity contribution in [1.29, 1.82) is 0 Å². The van der Waals surface area contributed by atoms with E-state index in [2.05, 4.69) is 54.4 Å². The molecule has 1 amide bonds. The van der Waals surface area contributed by atoms with Gasteiger partial charge in [0.25, 0.3) is 5.91 Å². The fourth-order valence-electron chi connectivity index (χ4n) is 4.07. The second-order valence-electron chi connectivity index (χ2n) is 8.53. The van der Waals surface area contributed by atoms with E-state index in [0.717, 1.165) is 65.8 Å². The Labute approximate surface area is 188 Å². The molecule has 0 aliphatic rings. The van der Waals surface area contributed by atoms with Crippen molar-refractivity contribution >= 4 is 33.7 Å². The van der Waals surface area contributed by atoms with Crippen molar-refractivity contribution in [3.8, 4) is 11.1 Å². The number of carbonyl (C=O) groups is 1. The molecule has 168 valence electrons. The fraction of sp³-hybridized carbons (Fsp3) is 0.375. The average Bonchev–Trinajstić information content (AvgIpc) is 3.41. The molecule has 0 saturated carbocycles. The van der Waals surface area contributed by atoms with Crippen molar-refractivity contribution < 1.29 is 4.79 Å². The Hall–Kier alpha value is -3.39. The SMILES string of the molecule is CCCCn1cnc2cc(-c3cc(N(C)CCN(C)C)c(C(N)=O)c4[nH]cnc34)ccc21. The van der Waals surface area contributed by atoms with Gasteiger partial charge in [-0.05, 0) is 44.3 Å². The number of nitrogens with one attached hydrogen (secondary N) is 1. The molecule has 0 fully saturated rings. The van der Waals surface area contributed by atoms with E-state index in [1.54, 1.807) is 6.33 Å². The molecule has 2 aromatic carbocycles. The number of primary amides is 1. The van der Waals surface area contributed by atoms with Crippen molar-refractivity contribution in [2.45, 2.75) is 26.3 Å². The Bertz CT molecular complexity index is 1250. The summed E-state index contributed by atoms with van der Waals surface area (Å²) >= 11 is 0. The molecular formula is C24H31N7O. The first kappa shape index (κ1) is 21.8. The number of H-pyrrole nitrogens is 1. The summed E-state index contributed by atoms with van der Waals surface area (Å²) in [6.07, 6.45) is 5.79. The maximum Gasteiger partial charge on any atom is 0.253 e. The van der Waals surface area contributed by atoms with Gasteiger partial charge >= 0.3 is 0 Å². The third-order valence-electron chi connectivity index (χ3n) is 5.91. The number of amides is 1. The molecule has 0 radical (unpaired) electrons. The zero-order valence-corrected chi connectivity index (χ0v) is 19.2. The number of aromatic amines is 1. The highest BCUT2D eigenvalue weighted by Crippen LogP contribution is 2.36. The van der Waals surface area contributed by atoms with E-state index in [-0.39, 0.29) is 0 Å². The molecule has 0 atom stereocenters. The summed E-state index contributed by atoms with van der Waals surface area (Å²) < 4.78 is 2.20.